The van der Waals surface area contributed by atoms with Crippen LogP contribution in [-0.4, -0.2) is 11.9 Å². The molecule has 0 bridgehead atoms. The van der Waals surface area contributed by atoms with Crippen LogP contribution in [0.1, 0.15) is 45.1 Å². The fourth-order valence-electron chi connectivity index (χ4n) is 2.57. The molecular weight excluding hydrogens is 248 g/mol. The quantitative estimate of drug-likeness (QED) is 0.655. The van der Waals surface area contributed by atoms with Crippen LogP contribution in [-0.2, 0) is 4.79 Å². The molecule has 3 heteroatoms. The summed E-state index contributed by atoms with van der Waals surface area (Å²) in [7, 11) is 0. The standard InChI is InChI=1S/C17H24N2O/c1-17(2)11-9-15(10-12-17)19-16(20)8-5-13-3-6-14(18)7-4-13/h3-8,15H,9-12,18H2,1-2H3,(H,19,20)/b8-5+. The molecule has 1 aliphatic carbocycles. The van der Waals surface area contributed by atoms with Gasteiger partial charge in [0, 0.05) is 17.8 Å². The zero-order chi connectivity index (χ0) is 14.6. The lowest BCUT2D eigenvalue weighted by atomic mass is 9.75. The van der Waals surface area contributed by atoms with Crippen molar-refractivity contribution in [2.24, 2.45) is 5.41 Å². The molecule has 1 fully saturated rings. The normalized spacial score (nSPS) is 19.1. The molecule has 3 nitrogen and oxygen atoms in total. The van der Waals surface area contributed by atoms with Gasteiger partial charge in [0.15, 0.2) is 0 Å². The summed E-state index contributed by atoms with van der Waals surface area (Å²) >= 11 is 0. The zero-order valence-electron chi connectivity index (χ0n) is 12.4. The van der Waals surface area contributed by atoms with Gasteiger partial charge in [0.25, 0.3) is 0 Å². The molecule has 0 spiro atoms. The molecular formula is C17H24N2O. The fourth-order valence-corrected chi connectivity index (χ4v) is 2.57. The molecule has 1 aromatic carbocycles. The number of hydrogen-bond donors (Lipinski definition) is 2. The van der Waals surface area contributed by atoms with Gasteiger partial charge in [0.1, 0.15) is 0 Å². The fraction of sp³-hybridized carbons (Fsp3) is 0.471. The van der Waals surface area contributed by atoms with Gasteiger partial charge in [-0.2, -0.15) is 0 Å². The summed E-state index contributed by atoms with van der Waals surface area (Å²) in [4.78, 5) is 11.9. The van der Waals surface area contributed by atoms with Gasteiger partial charge in [-0.05, 0) is 54.9 Å². The Hall–Kier alpha value is -1.77. The van der Waals surface area contributed by atoms with Crippen LogP contribution >= 0.6 is 0 Å². The molecule has 0 saturated heterocycles. The summed E-state index contributed by atoms with van der Waals surface area (Å²) in [6.07, 6.45) is 7.94. The average Bonchev–Trinajstić information content (AvgIpc) is 2.41. The van der Waals surface area contributed by atoms with E-state index in [-0.39, 0.29) is 5.91 Å². The van der Waals surface area contributed by atoms with E-state index in [0.29, 0.717) is 11.5 Å². The monoisotopic (exact) mass is 272 g/mol. The largest absolute Gasteiger partial charge is 0.399 e. The first-order valence-electron chi connectivity index (χ1n) is 7.29. The minimum atomic E-state index is -0.00784. The van der Waals surface area contributed by atoms with Crippen LogP contribution in [0.25, 0.3) is 6.08 Å². The highest BCUT2D eigenvalue weighted by molar-refractivity contribution is 5.91. The lowest BCUT2D eigenvalue weighted by molar-refractivity contribution is -0.117. The lowest BCUT2D eigenvalue weighted by Crippen LogP contribution is -2.38. The van der Waals surface area contributed by atoms with Crippen molar-refractivity contribution >= 4 is 17.7 Å². The second-order valence-corrected chi connectivity index (χ2v) is 6.45. The van der Waals surface area contributed by atoms with Gasteiger partial charge in [-0.25, -0.2) is 0 Å². The minimum absolute atomic E-state index is 0.00784. The Morgan fingerprint density at radius 1 is 1.25 bits per heavy atom. The second-order valence-electron chi connectivity index (χ2n) is 6.45. The van der Waals surface area contributed by atoms with E-state index in [9.17, 15) is 4.79 Å². The number of nitrogens with two attached hydrogens (primary N) is 1. The second kappa shape index (κ2) is 6.12. The molecule has 0 radical (unpaired) electrons. The van der Waals surface area contributed by atoms with Gasteiger partial charge in [-0.3, -0.25) is 4.79 Å². The molecule has 0 aliphatic heterocycles. The Kier molecular flexibility index (Phi) is 4.48. The van der Waals surface area contributed by atoms with Gasteiger partial charge in [-0.15, -0.1) is 0 Å². The average molecular weight is 272 g/mol. The van der Waals surface area contributed by atoms with E-state index < -0.39 is 0 Å². The summed E-state index contributed by atoms with van der Waals surface area (Å²) < 4.78 is 0. The Morgan fingerprint density at radius 2 is 1.85 bits per heavy atom. The number of carbonyl (C=O) groups is 1. The Labute approximate surface area is 121 Å². The third-order valence-corrected chi connectivity index (χ3v) is 4.05. The van der Waals surface area contributed by atoms with E-state index >= 15 is 0 Å². The molecule has 0 atom stereocenters. The van der Waals surface area contributed by atoms with Crippen LogP contribution in [0.3, 0.4) is 0 Å². The third kappa shape index (κ3) is 4.41. The summed E-state index contributed by atoms with van der Waals surface area (Å²) in [6, 6.07) is 7.80. The first-order chi connectivity index (χ1) is 9.44. The highest BCUT2D eigenvalue weighted by Gasteiger charge is 2.27. The number of amides is 1. The van der Waals surface area contributed by atoms with Crippen LogP contribution in [0.2, 0.25) is 0 Å². The number of hydrogen-bond acceptors (Lipinski definition) is 2. The van der Waals surface area contributed by atoms with Crippen LogP contribution in [0.5, 0.6) is 0 Å². The highest BCUT2D eigenvalue weighted by Crippen LogP contribution is 2.34. The van der Waals surface area contributed by atoms with Crippen LogP contribution in [0.4, 0.5) is 5.69 Å². The van der Waals surface area contributed by atoms with Crippen molar-refractivity contribution in [3.63, 3.8) is 0 Å². The maximum atomic E-state index is 11.9. The van der Waals surface area contributed by atoms with Crippen molar-refractivity contribution in [3.8, 4) is 0 Å². The van der Waals surface area contributed by atoms with E-state index in [4.69, 9.17) is 5.73 Å². The van der Waals surface area contributed by atoms with Crippen molar-refractivity contribution in [1.82, 2.24) is 5.32 Å². The van der Waals surface area contributed by atoms with Crippen LogP contribution in [0, 0.1) is 5.41 Å². The molecule has 1 amide bonds. The number of rotatable bonds is 3. The number of nitrogen functional groups attached to an aromatic ring is 1. The van der Waals surface area contributed by atoms with E-state index in [1.165, 1.54) is 12.8 Å². The molecule has 0 heterocycles. The van der Waals surface area contributed by atoms with E-state index in [2.05, 4.69) is 19.2 Å². The van der Waals surface area contributed by atoms with Crippen molar-refractivity contribution in [3.05, 3.63) is 35.9 Å². The zero-order valence-corrected chi connectivity index (χ0v) is 12.4. The lowest BCUT2D eigenvalue weighted by Gasteiger charge is -2.34. The SMILES string of the molecule is CC1(C)CCC(NC(=O)/C=C/c2ccc(N)cc2)CC1. The molecule has 0 unspecified atom stereocenters. The maximum Gasteiger partial charge on any atom is 0.244 e. The molecule has 1 aliphatic rings. The molecule has 3 N–H and O–H groups in total. The van der Waals surface area contributed by atoms with Gasteiger partial charge in [0.05, 0.1) is 0 Å². The smallest absolute Gasteiger partial charge is 0.244 e. The molecule has 1 aromatic rings. The van der Waals surface area contributed by atoms with E-state index in [1.54, 1.807) is 6.08 Å². The Bertz CT molecular complexity index is 478. The first-order valence-corrected chi connectivity index (χ1v) is 7.29. The molecule has 20 heavy (non-hydrogen) atoms. The highest BCUT2D eigenvalue weighted by atomic mass is 16.1. The van der Waals surface area contributed by atoms with Crippen molar-refractivity contribution in [1.29, 1.82) is 0 Å². The summed E-state index contributed by atoms with van der Waals surface area (Å²) in [5.74, 6) is -0.00784. The summed E-state index contributed by atoms with van der Waals surface area (Å²) in [6.45, 7) is 4.60. The number of anilines is 1. The Morgan fingerprint density at radius 3 is 2.45 bits per heavy atom. The van der Waals surface area contributed by atoms with Gasteiger partial charge in [-0.1, -0.05) is 26.0 Å². The molecule has 0 aromatic heterocycles. The maximum absolute atomic E-state index is 11.9. The topological polar surface area (TPSA) is 55.1 Å². The number of carbonyl (C=O) groups excluding carboxylic acids is 1. The number of benzene rings is 1. The van der Waals surface area contributed by atoms with Crippen molar-refractivity contribution in [2.75, 3.05) is 5.73 Å². The third-order valence-electron chi connectivity index (χ3n) is 4.05. The predicted molar refractivity (Wildman–Crippen MR) is 84.1 cm³/mol. The predicted octanol–water partition coefficient (Wildman–Crippen LogP) is 3.37. The summed E-state index contributed by atoms with van der Waals surface area (Å²) in [5, 5.41) is 3.09. The van der Waals surface area contributed by atoms with Crippen LogP contribution < -0.4 is 11.1 Å². The minimum Gasteiger partial charge on any atom is -0.399 e. The molecule has 1 saturated carbocycles. The van der Waals surface area contributed by atoms with Crippen LogP contribution in [0.15, 0.2) is 30.3 Å². The Balaban J connectivity index is 1.82. The number of nitrogens with one attached hydrogen (secondary N) is 1. The van der Waals surface area contributed by atoms with Crippen molar-refractivity contribution < 1.29 is 4.79 Å². The van der Waals surface area contributed by atoms with Gasteiger partial charge in [0.2, 0.25) is 5.91 Å². The van der Waals surface area contributed by atoms with Gasteiger partial charge >= 0.3 is 0 Å². The summed E-state index contributed by atoms with van der Waals surface area (Å²) in [5.41, 5.74) is 7.77. The van der Waals surface area contributed by atoms with Gasteiger partial charge < -0.3 is 11.1 Å². The molecule has 2 rings (SSSR count). The molecule has 108 valence electrons. The van der Waals surface area contributed by atoms with E-state index in [0.717, 1.165) is 24.1 Å². The first kappa shape index (κ1) is 14.6. The van der Waals surface area contributed by atoms with Crippen molar-refractivity contribution in [2.45, 2.75) is 45.6 Å². The van der Waals surface area contributed by atoms with E-state index in [1.807, 2.05) is 30.3 Å².